The SMILES string of the molecule is [B]C([B])(CC)N1C([B])([B])C([B])([B])OC([B])([B])C1([B])[B]. The van der Waals surface area contributed by atoms with Crippen molar-refractivity contribution in [3.05, 3.63) is 0 Å². The van der Waals surface area contributed by atoms with Crippen LogP contribution in [0.1, 0.15) is 13.3 Å². The van der Waals surface area contributed by atoms with Crippen LogP contribution >= 0.6 is 0 Å². The molecular formula is C7H5B10NO. The third-order valence-corrected chi connectivity index (χ3v) is 3.31. The Morgan fingerprint density at radius 1 is 0.842 bits per heavy atom. The van der Waals surface area contributed by atoms with Crippen molar-refractivity contribution in [1.82, 2.24) is 4.90 Å². The van der Waals surface area contributed by atoms with Gasteiger partial charge in [-0.05, 0) is 21.5 Å². The average Bonchev–Trinajstić information content (AvgIpc) is 2.12. The van der Waals surface area contributed by atoms with E-state index in [-0.39, 0.29) is 6.42 Å². The standard InChI is InChI=1S/C7H5B10NO/c1-2-3(8,9)18-4(10,11)6(14,15)19-7(16,17)5(18,12)13/h2H2,1H3. The summed E-state index contributed by atoms with van der Waals surface area (Å²) in [6.07, 6.45) is 0.144. The van der Waals surface area contributed by atoms with Crippen molar-refractivity contribution in [3.8, 4) is 0 Å². The van der Waals surface area contributed by atoms with Gasteiger partial charge in [0.1, 0.15) is 0 Å². The van der Waals surface area contributed by atoms with Crippen molar-refractivity contribution >= 4 is 78.5 Å². The second-order valence-electron chi connectivity index (χ2n) is 5.02. The second-order valence-corrected chi connectivity index (χ2v) is 5.02. The van der Waals surface area contributed by atoms with Crippen LogP contribution in [-0.4, -0.2) is 110 Å². The third kappa shape index (κ3) is 2.46. The number of rotatable bonds is 2. The maximum atomic E-state index is 5.89. The van der Waals surface area contributed by atoms with Crippen LogP contribution in [0.3, 0.4) is 0 Å². The average molecular weight is 227 g/mol. The van der Waals surface area contributed by atoms with Crippen LogP contribution in [0.25, 0.3) is 0 Å². The Kier molecular flexibility index (Phi) is 4.20. The zero-order valence-electron chi connectivity index (χ0n) is 10.8. The molecule has 2 nitrogen and oxygen atoms in total. The first-order chi connectivity index (χ1) is 8.13. The Morgan fingerprint density at radius 2 is 1.16 bits per heavy atom. The molecule has 20 radical (unpaired) electrons. The highest BCUT2D eigenvalue weighted by Gasteiger charge is 2.59. The number of ether oxygens (including phenoxy) is 1. The van der Waals surface area contributed by atoms with Gasteiger partial charge in [-0.25, -0.2) is 0 Å². The van der Waals surface area contributed by atoms with Crippen LogP contribution in [0.5, 0.6) is 0 Å². The van der Waals surface area contributed by atoms with E-state index in [0.29, 0.717) is 0 Å². The Balaban J connectivity index is 3.51. The minimum absolute atomic E-state index is 0.144. The predicted molar refractivity (Wildman–Crippen MR) is 84.4 cm³/mol. The zero-order chi connectivity index (χ0) is 15.5. The summed E-state index contributed by atoms with van der Waals surface area (Å²) in [6.45, 7) is 1.64. The predicted octanol–water partition coefficient (Wildman–Crippen LogP) is -4.32. The molecule has 0 N–H and O–H groups in total. The van der Waals surface area contributed by atoms with E-state index in [2.05, 4.69) is 0 Å². The first-order valence-electron chi connectivity index (χ1n) is 5.53. The smallest absolute Gasteiger partial charge is 0.0996 e. The molecule has 0 amide bonds. The molecule has 0 atom stereocenters. The second kappa shape index (κ2) is 4.53. The summed E-state index contributed by atoms with van der Waals surface area (Å²) in [5.41, 5.74) is 0. The topological polar surface area (TPSA) is 12.5 Å². The molecule has 0 bridgehead atoms. The van der Waals surface area contributed by atoms with Crippen molar-refractivity contribution < 1.29 is 4.74 Å². The molecule has 1 aliphatic rings. The first kappa shape index (κ1) is 17.6. The lowest BCUT2D eigenvalue weighted by atomic mass is 9.28. The summed E-state index contributed by atoms with van der Waals surface area (Å²) in [4.78, 5) is 0.858. The lowest BCUT2D eigenvalue weighted by molar-refractivity contribution is -0.123. The van der Waals surface area contributed by atoms with Gasteiger partial charge in [-0.3, -0.25) is 0 Å². The number of hydrogen-bond donors (Lipinski definition) is 0. The van der Waals surface area contributed by atoms with E-state index < -0.39 is 26.8 Å². The summed E-state index contributed by atoms with van der Waals surface area (Å²) in [5.74, 6) is 0. The Morgan fingerprint density at radius 3 is 1.42 bits per heavy atom. The van der Waals surface area contributed by atoms with Crippen molar-refractivity contribution in [1.29, 1.82) is 0 Å². The fourth-order valence-corrected chi connectivity index (χ4v) is 1.95. The molecule has 19 heavy (non-hydrogen) atoms. The summed E-state index contributed by atoms with van der Waals surface area (Å²) >= 11 is 0. The van der Waals surface area contributed by atoms with Crippen molar-refractivity contribution in [2.24, 2.45) is 0 Å². The van der Waals surface area contributed by atoms with E-state index in [1.807, 2.05) is 0 Å². The molecule has 0 saturated carbocycles. The summed E-state index contributed by atoms with van der Waals surface area (Å²) in [6, 6.07) is 0. The molecule has 0 aromatic rings. The van der Waals surface area contributed by atoms with Crippen LogP contribution in [0.15, 0.2) is 0 Å². The van der Waals surface area contributed by atoms with Gasteiger partial charge in [0.05, 0.1) is 78.5 Å². The van der Waals surface area contributed by atoms with Gasteiger partial charge in [0.25, 0.3) is 0 Å². The van der Waals surface area contributed by atoms with Gasteiger partial charge in [-0.1, -0.05) is 18.7 Å². The van der Waals surface area contributed by atoms with E-state index in [9.17, 15) is 0 Å². The summed E-state index contributed by atoms with van der Waals surface area (Å²) in [5, 5.41) is -10.3. The molecule has 0 spiro atoms. The highest BCUT2D eigenvalue weighted by molar-refractivity contribution is 6.60. The van der Waals surface area contributed by atoms with Crippen molar-refractivity contribution in [2.75, 3.05) is 0 Å². The molecule has 0 aromatic carbocycles. The maximum Gasteiger partial charge on any atom is 0.0996 e. The number of nitrogens with zero attached hydrogens (tertiary/aromatic N) is 1. The normalized spacial score (nSPS) is 28.7. The van der Waals surface area contributed by atoms with Crippen LogP contribution in [-0.2, 0) is 4.74 Å². The minimum atomic E-state index is -2.20. The quantitative estimate of drug-likeness (QED) is 0.442. The van der Waals surface area contributed by atoms with Crippen LogP contribution in [0.4, 0.5) is 0 Å². The number of hydrogen-bond acceptors (Lipinski definition) is 2. The van der Waals surface area contributed by atoms with Gasteiger partial charge in [-0.2, -0.15) is 0 Å². The van der Waals surface area contributed by atoms with Gasteiger partial charge in [0.15, 0.2) is 0 Å². The molecule has 1 saturated heterocycles. The molecule has 1 rings (SSSR count). The minimum Gasteiger partial charge on any atom is -0.406 e. The fourth-order valence-electron chi connectivity index (χ4n) is 1.95. The van der Waals surface area contributed by atoms with Gasteiger partial charge in [-0.15, -0.1) is 0 Å². The Hall–Kier alpha value is 0.569. The monoisotopic (exact) mass is 229 g/mol. The van der Waals surface area contributed by atoms with Crippen molar-refractivity contribution in [3.63, 3.8) is 0 Å². The lowest BCUT2D eigenvalue weighted by Gasteiger charge is -2.74. The Bertz CT molecular complexity index is 341. The van der Waals surface area contributed by atoms with Crippen LogP contribution < -0.4 is 0 Å². The van der Waals surface area contributed by atoms with Crippen LogP contribution in [0, 0.1) is 0 Å². The van der Waals surface area contributed by atoms with E-state index >= 15 is 0 Å². The molecule has 0 aliphatic carbocycles. The van der Waals surface area contributed by atoms with E-state index in [1.54, 1.807) is 6.92 Å². The maximum absolute atomic E-state index is 5.89. The lowest BCUT2D eigenvalue weighted by Crippen LogP contribution is -2.89. The molecule has 1 heterocycles. The third-order valence-electron chi connectivity index (χ3n) is 3.31. The molecule has 1 aliphatic heterocycles. The Labute approximate surface area is 128 Å². The zero-order valence-corrected chi connectivity index (χ0v) is 10.8. The fraction of sp³-hybridized carbons (Fsp3) is 1.00. The first-order valence-corrected chi connectivity index (χ1v) is 5.53. The van der Waals surface area contributed by atoms with Gasteiger partial charge in [0.2, 0.25) is 0 Å². The summed E-state index contributed by atoms with van der Waals surface area (Å²) < 4.78 is 5.02. The summed E-state index contributed by atoms with van der Waals surface area (Å²) in [7, 11) is 57.9. The van der Waals surface area contributed by atoms with Crippen molar-refractivity contribution in [2.45, 2.75) is 40.2 Å². The highest BCUT2D eigenvalue weighted by atomic mass is 16.5. The molecule has 0 aromatic heterocycles. The van der Waals surface area contributed by atoms with E-state index in [4.69, 9.17) is 83.2 Å². The molecule has 12 heteroatoms. The van der Waals surface area contributed by atoms with E-state index in [0.717, 1.165) is 4.90 Å². The number of morpholine rings is 1. The molecule has 1 fully saturated rings. The highest BCUT2D eigenvalue weighted by Crippen LogP contribution is 2.43. The van der Waals surface area contributed by atoms with Gasteiger partial charge in [0, 0.05) is 0 Å². The molecular weight excluding hydrogens is 222 g/mol. The molecule has 0 unspecified atom stereocenters. The van der Waals surface area contributed by atoms with Crippen LogP contribution in [0.2, 0.25) is 0 Å². The van der Waals surface area contributed by atoms with Gasteiger partial charge >= 0.3 is 0 Å². The van der Waals surface area contributed by atoms with E-state index in [1.165, 1.54) is 0 Å². The largest absolute Gasteiger partial charge is 0.406 e. The van der Waals surface area contributed by atoms with Gasteiger partial charge < -0.3 is 9.64 Å². The molecule has 74 valence electrons.